The third-order valence-electron chi connectivity index (χ3n) is 2.43. The van der Waals surface area contributed by atoms with E-state index in [9.17, 15) is 24.3 Å². The number of allylic oxidation sites excluding steroid dienone is 2. The average molecular weight is 240 g/mol. The average Bonchev–Trinajstić information content (AvgIpc) is 2.50. The van der Waals surface area contributed by atoms with Crippen LogP contribution < -0.4 is 0 Å². The van der Waals surface area contributed by atoms with E-state index in [0.717, 1.165) is 0 Å². The van der Waals surface area contributed by atoms with Gasteiger partial charge in [-0.05, 0) is 13.3 Å². The van der Waals surface area contributed by atoms with Crippen molar-refractivity contribution in [3.63, 3.8) is 0 Å². The minimum atomic E-state index is -1.76. The molecule has 92 valence electrons. The lowest BCUT2D eigenvalue weighted by atomic mass is 9.97. The molecule has 0 saturated heterocycles. The molecule has 17 heavy (non-hydrogen) atoms. The van der Waals surface area contributed by atoms with Crippen LogP contribution in [0.2, 0.25) is 0 Å². The van der Waals surface area contributed by atoms with Crippen molar-refractivity contribution in [1.29, 1.82) is 0 Å². The maximum Gasteiger partial charge on any atom is 0.375 e. The minimum Gasteiger partial charge on any atom is -0.504 e. The molecule has 0 radical (unpaired) electrons. The van der Waals surface area contributed by atoms with Gasteiger partial charge in [0.2, 0.25) is 5.78 Å². The van der Waals surface area contributed by atoms with Crippen LogP contribution in [0, 0.1) is 5.92 Å². The number of carbonyl (C=O) groups excluding carboxylic acids is 4. The molecule has 1 N–H and O–H groups in total. The van der Waals surface area contributed by atoms with E-state index in [1.54, 1.807) is 6.92 Å². The summed E-state index contributed by atoms with van der Waals surface area (Å²) in [5.74, 6) is -6.77. The Kier molecular flexibility index (Phi) is 3.77. The molecule has 1 aliphatic carbocycles. The molecule has 0 aliphatic heterocycles. The molecule has 1 unspecified atom stereocenters. The van der Waals surface area contributed by atoms with E-state index in [0.29, 0.717) is 0 Å². The molecular weight excluding hydrogens is 228 g/mol. The Morgan fingerprint density at radius 3 is 2.24 bits per heavy atom. The molecule has 6 nitrogen and oxygen atoms in total. The first-order valence-electron chi connectivity index (χ1n) is 5.17. The molecule has 1 atom stereocenters. The lowest BCUT2D eigenvalue weighted by Gasteiger charge is -2.05. The zero-order chi connectivity index (χ0) is 13.2. The van der Waals surface area contributed by atoms with Gasteiger partial charge in [0.15, 0.2) is 17.5 Å². The fourth-order valence-electron chi connectivity index (χ4n) is 1.60. The van der Waals surface area contributed by atoms with Crippen LogP contribution in [0.15, 0.2) is 11.3 Å². The number of carbonyl (C=O) groups is 4. The summed E-state index contributed by atoms with van der Waals surface area (Å²) in [6, 6.07) is 0. The first kappa shape index (κ1) is 13.1. The third kappa shape index (κ3) is 2.11. The van der Waals surface area contributed by atoms with Crippen molar-refractivity contribution in [2.75, 3.05) is 6.61 Å². The lowest BCUT2D eigenvalue weighted by molar-refractivity contribution is -0.157. The molecule has 0 amide bonds. The maximum atomic E-state index is 11.6. The molecule has 0 bridgehead atoms. The Bertz CT molecular complexity index is 431. The highest BCUT2D eigenvalue weighted by Gasteiger charge is 2.47. The highest BCUT2D eigenvalue weighted by molar-refractivity contribution is 6.48. The first-order chi connectivity index (χ1) is 7.95. The van der Waals surface area contributed by atoms with Gasteiger partial charge < -0.3 is 9.84 Å². The molecule has 1 aliphatic rings. The second-order valence-corrected chi connectivity index (χ2v) is 3.43. The normalized spacial score (nSPS) is 19.8. The summed E-state index contributed by atoms with van der Waals surface area (Å²) in [5, 5.41) is 9.36. The second kappa shape index (κ2) is 4.90. The summed E-state index contributed by atoms with van der Waals surface area (Å²) in [4.78, 5) is 45.8. The Labute approximate surface area is 97.2 Å². The number of ketones is 3. The van der Waals surface area contributed by atoms with Gasteiger partial charge in [-0.2, -0.15) is 0 Å². The standard InChI is InChI=1S/C11H12O6/c1-3-5-7(12)6(9(14)8(5)13)10(15)11(16)17-4-2/h6,13H,3-4H2,1-2H3. The Morgan fingerprint density at radius 2 is 1.82 bits per heavy atom. The van der Waals surface area contributed by atoms with Gasteiger partial charge in [0, 0.05) is 5.57 Å². The fourth-order valence-corrected chi connectivity index (χ4v) is 1.60. The molecule has 6 heteroatoms. The molecule has 0 aromatic carbocycles. The van der Waals surface area contributed by atoms with Crippen LogP contribution in [0.5, 0.6) is 0 Å². The van der Waals surface area contributed by atoms with Gasteiger partial charge in [-0.25, -0.2) is 4.79 Å². The van der Waals surface area contributed by atoms with Crippen LogP contribution >= 0.6 is 0 Å². The number of hydrogen-bond acceptors (Lipinski definition) is 6. The van der Waals surface area contributed by atoms with Crippen molar-refractivity contribution in [1.82, 2.24) is 0 Å². The lowest BCUT2D eigenvalue weighted by Crippen LogP contribution is -2.34. The van der Waals surface area contributed by atoms with Gasteiger partial charge in [-0.3, -0.25) is 14.4 Å². The Morgan fingerprint density at radius 1 is 1.24 bits per heavy atom. The summed E-state index contributed by atoms with van der Waals surface area (Å²) >= 11 is 0. The van der Waals surface area contributed by atoms with Gasteiger partial charge in [-0.15, -0.1) is 0 Å². The summed E-state index contributed by atoms with van der Waals surface area (Å²) < 4.78 is 4.42. The van der Waals surface area contributed by atoms with Crippen LogP contribution in [-0.2, 0) is 23.9 Å². The maximum absolute atomic E-state index is 11.6. The number of rotatable bonds is 4. The predicted molar refractivity (Wildman–Crippen MR) is 55.1 cm³/mol. The smallest absolute Gasteiger partial charge is 0.375 e. The number of aliphatic hydroxyl groups excluding tert-OH is 1. The van der Waals surface area contributed by atoms with Crippen LogP contribution in [0.1, 0.15) is 20.3 Å². The van der Waals surface area contributed by atoms with Gasteiger partial charge in [0.05, 0.1) is 6.61 Å². The number of esters is 1. The van der Waals surface area contributed by atoms with E-state index in [1.807, 2.05) is 0 Å². The third-order valence-corrected chi connectivity index (χ3v) is 2.43. The molecule has 0 aromatic rings. The number of ether oxygens (including phenoxy) is 1. The molecule has 0 saturated carbocycles. The molecule has 0 heterocycles. The van der Waals surface area contributed by atoms with Crippen molar-refractivity contribution >= 4 is 23.3 Å². The molecule has 0 aromatic heterocycles. The van der Waals surface area contributed by atoms with Crippen LogP contribution in [-0.4, -0.2) is 35.0 Å². The highest BCUT2D eigenvalue weighted by atomic mass is 16.5. The number of aliphatic hydroxyl groups is 1. The SMILES string of the molecule is CCOC(=O)C(=O)C1C(=O)C(O)=C(CC)C1=O. The van der Waals surface area contributed by atoms with E-state index in [2.05, 4.69) is 4.74 Å². The number of Topliss-reactive ketones (excluding diaryl/α,β-unsaturated/α-hetero) is 3. The van der Waals surface area contributed by atoms with E-state index < -0.39 is 35.0 Å². The molecular formula is C11H12O6. The summed E-state index contributed by atoms with van der Waals surface area (Å²) in [6.07, 6.45) is 0.128. The van der Waals surface area contributed by atoms with Crippen molar-refractivity contribution < 1.29 is 29.0 Å². The minimum absolute atomic E-state index is 0.0281. The topological polar surface area (TPSA) is 97.7 Å². The summed E-state index contributed by atoms with van der Waals surface area (Å²) in [6.45, 7) is 3.03. The summed E-state index contributed by atoms with van der Waals surface area (Å²) in [7, 11) is 0. The van der Waals surface area contributed by atoms with E-state index >= 15 is 0 Å². The van der Waals surface area contributed by atoms with Crippen LogP contribution in [0.25, 0.3) is 0 Å². The highest BCUT2D eigenvalue weighted by Crippen LogP contribution is 2.26. The van der Waals surface area contributed by atoms with E-state index in [4.69, 9.17) is 0 Å². The van der Waals surface area contributed by atoms with Crippen molar-refractivity contribution in [3.05, 3.63) is 11.3 Å². The van der Waals surface area contributed by atoms with E-state index in [-0.39, 0.29) is 18.6 Å². The fraction of sp³-hybridized carbons (Fsp3) is 0.455. The van der Waals surface area contributed by atoms with Crippen molar-refractivity contribution in [2.24, 2.45) is 5.92 Å². The van der Waals surface area contributed by atoms with Crippen LogP contribution in [0.4, 0.5) is 0 Å². The number of hydrogen-bond donors (Lipinski definition) is 1. The van der Waals surface area contributed by atoms with Gasteiger partial charge in [-0.1, -0.05) is 6.92 Å². The van der Waals surface area contributed by atoms with E-state index in [1.165, 1.54) is 6.92 Å². The van der Waals surface area contributed by atoms with Gasteiger partial charge in [0.25, 0.3) is 5.78 Å². The van der Waals surface area contributed by atoms with Gasteiger partial charge in [0.1, 0.15) is 0 Å². The molecule has 0 fully saturated rings. The van der Waals surface area contributed by atoms with Gasteiger partial charge >= 0.3 is 5.97 Å². The van der Waals surface area contributed by atoms with Crippen molar-refractivity contribution in [3.8, 4) is 0 Å². The molecule has 1 rings (SSSR count). The molecule has 0 spiro atoms. The zero-order valence-corrected chi connectivity index (χ0v) is 9.48. The summed E-state index contributed by atoms with van der Waals surface area (Å²) in [5.41, 5.74) is -0.113. The largest absolute Gasteiger partial charge is 0.504 e. The predicted octanol–water partition coefficient (Wildman–Crippen LogP) is 0.109. The quantitative estimate of drug-likeness (QED) is 0.425. The first-order valence-corrected chi connectivity index (χ1v) is 5.17. The monoisotopic (exact) mass is 240 g/mol. The second-order valence-electron chi connectivity index (χ2n) is 3.43. The zero-order valence-electron chi connectivity index (χ0n) is 9.48. The van der Waals surface area contributed by atoms with Crippen molar-refractivity contribution in [2.45, 2.75) is 20.3 Å². The van der Waals surface area contributed by atoms with Crippen LogP contribution in [0.3, 0.4) is 0 Å². The Balaban J connectivity index is 2.97. The Hall–Kier alpha value is -1.98.